The Bertz CT molecular complexity index is 1240. The third-order valence-corrected chi connectivity index (χ3v) is 6.87. The fourth-order valence-electron chi connectivity index (χ4n) is 2.94. The molecular weight excluding hydrogens is 404 g/mol. The molecule has 27 heavy (non-hydrogen) atoms. The van der Waals surface area contributed by atoms with E-state index in [0.717, 1.165) is 0 Å². The van der Waals surface area contributed by atoms with Gasteiger partial charge in [0, 0.05) is 22.2 Å². The Labute approximate surface area is 164 Å². The minimum absolute atomic E-state index is 0.101. The fraction of sp³-hybridized carbons (Fsp3) is 0.0526. The predicted octanol–water partition coefficient (Wildman–Crippen LogP) is 4.50. The van der Waals surface area contributed by atoms with Crippen LogP contribution in [0.5, 0.6) is 0 Å². The highest BCUT2D eigenvalue weighted by Crippen LogP contribution is 2.34. The summed E-state index contributed by atoms with van der Waals surface area (Å²) in [6, 6.07) is 13.5. The largest absolute Gasteiger partial charge is 0.296 e. The Morgan fingerprint density at radius 1 is 1.15 bits per heavy atom. The van der Waals surface area contributed by atoms with E-state index in [4.69, 9.17) is 11.6 Å². The summed E-state index contributed by atoms with van der Waals surface area (Å²) in [7, 11) is -3.67. The number of halogens is 1. The van der Waals surface area contributed by atoms with E-state index >= 15 is 0 Å². The molecule has 8 heteroatoms. The van der Waals surface area contributed by atoms with E-state index in [1.165, 1.54) is 23.5 Å². The van der Waals surface area contributed by atoms with Crippen molar-refractivity contribution in [3.05, 3.63) is 76.4 Å². The zero-order valence-electron chi connectivity index (χ0n) is 13.9. The molecule has 2 aromatic carbocycles. The summed E-state index contributed by atoms with van der Waals surface area (Å²) in [5, 5.41) is 2.18. The van der Waals surface area contributed by atoms with Crippen LogP contribution in [-0.2, 0) is 15.6 Å². The molecule has 136 valence electrons. The zero-order chi connectivity index (χ0) is 19.0. The first-order valence-electron chi connectivity index (χ1n) is 7.97. The van der Waals surface area contributed by atoms with Gasteiger partial charge in [-0.15, -0.1) is 11.3 Å². The van der Waals surface area contributed by atoms with Crippen molar-refractivity contribution in [1.82, 2.24) is 9.38 Å². The molecule has 0 fully saturated rings. The van der Waals surface area contributed by atoms with Gasteiger partial charge in [-0.2, -0.15) is 0 Å². The summed E-state index contributed by atoms with van der Waals surface area (Å²) in [5.74, 6) is -0.152. The molecule has 4 aromatic rings. The van der Waals surface area contributed by atoms with Crippen molar-refractivity contribution in [3.8, 4) is 11.3 Å². The van der Waals surface area contributed by atoms with Crippen LogP contribution in [0.4, 0.5) is 0 Å². The first-order valence-corrected chi connectivity index (χ1v) is 10.9. The molecule has 4 rings (SSSR count). The predicted molar refractivity (Wildman–Crippen MR) is 106 cm³/mol. The average Bonchev–Trinajstić information content (AvgIpc) is 3.22. The highest BCUT2D eigenvalue weighted by atomic mass is 35.5. The molecule has 0 bridgehead atoms. The van der Waals surface area contributed by atoms with E-state index in [1.54, 1.807) is 40.9 Å². The maximum atomic E-state index is 13.1. The van der Waals surface area contributed by atoms with E-state index in [1.807, 2.05) is 11.4 Å². The van der Waals surface area contributed by atoms with Crippen molar-refractivity contribution >= 4 is 44.0 Å². The van der Waals surface area contributed by atoms with Crippen molar-refractivity contribution < 1.29 is 13.2 Å². The Hall–Kier alpha value is -2.48. The highest BCUT2D eigenvalue weighted by Gasteiger charge is 2.24. The van der Waals surface area contributed by atoms with Crippen LogP contribution in [0.3, 0.4) is 0 Å². The van der Waals surface area contributed by atoms with Crippen LogP contribution in [-0.4, -0.2) is 24.1 Å². The van der Waals surface area contributed by atoms with Crippen LogP contribution in [0.2, 0.25) is 5.02 Å². The van der Waals surface area contributed by atoms with Crippen molar-refractivity contribution in [2.24, 2.45) is 0 Å². The Balaban J connectivity index is 1.90. The number of carbonyl (C=O) groups excluding carboxylic acids is 1. The van der Waals surface area contributed by atoms with Gasteiger partial charge in [0.25, 0.3) is 0 Å². The minimum Gasteiger partial charge on any atom is -0.296 e. The second kappa shape index (κ2) is 6.92. The number of aldehydes is 1. The lowest BCUT2D eigenvalue weighted by atomic mass is 10.1. The minimum atomic E-state index is -3.67. The summed E-state index contributed by atoms with van der Waals surface area (Å²) in [5.41, 5.74) is 1.62. The molecule has 2 heterocycles. The number of hydrogen-bond donors (Lipinski definition) is 0. The maximum Gasteiger partial charge on any atom is 0.194 e. The van der Waals surface area contributed by atoms with Gasteiger partial charge >= 0.3 is 0 Å². The molecule has 0 radical (unpaired) electrons. The number of hydrogen-bond acceptors (Lipinski definition) is 5. The quantitative estimate of drug-likeness (QED) is 0.449. The van der Waals surface area contributed by atoms with Crippen molar-refractivity contribution in [3.63, 3.8) is 0 Å². The highest BCUT2D eigenvalue weighted by molar-refractivity contribution is 7.90. The first kappa shape index (κ1) is 17.9. The van der Waals surface area contributed by atoms with E-state index in [2.05, 4.69) is 4.98 Å². The molecule has 5 nitrogen and oxygen atoms in total. The number of rotatable bonds is 5. The molecule has 0 spiro atoms. The van der Waals surface area contributed by atoms with Crippen LogP contribution in [0.15, 0.2) is 65.0 Å². The van der Waals surface area contributed by atoms with E-state index < -0.39 is 9.84 Å². The Morgan fingerprint density at radius 3 is 2.67 bits per heavy atom. The summed E-state index contributed by atoms with van der Waals surface area (Å²) >= 11 is 7.49. The standard InChI is InChI=1S/C19H13ClN2O3S2/c20-14-6-7-17(27(24,25)12-13-4-2-1-3-5-13)15(10-14)18-16(11-23)22-8-9-26-19(22)21-18/h1-11H,12H2. The molecular formula is C19H13ClN2O3S2. The van der Waals surface area contributed by atoms with E-state index in [0.29, 0.717) is 38.8 Å². The van der Waals surface area contributed by atoms with Crippen LogP contribution in [0.1, 0.15) is 16.1 Å². The Morgan fingerprint density at radius 2 is 1.93 bits per heavy atom. The lowest BCUT2D eigenvalue weighted by Gasteiger charge is -2.10. The van der Waals surface area contributed by atoms with Crippen LogP contribution in [0, 0.1) is 0 Å². The maximum absolute atomic E-state index is 13.1. The van der Waals surface area contributed by atoms with Crippen LogP contribution >= 0.6 is 22.9 Å². The fourth-order valence-corrected chi connectivity index (χ4v) is 5.39. The summed E-state index contributed by atoms with van der Waals surface area (Å²) in [4.78, 5) is 16.8. The van der Waals surface area contributed by atoms with Gasteiger partial charge < -0.3 is 0 Å². The molecule has 0 aliphatic carbocycles. The lowest BCUT2D eigenvalue weighted by molar-refractivity contribution is 0.111. The van der Waals surface area contributed by atoms with Gasteiger partial charge in [0.1, 0.15) is 11.4 Å². The summed E-state index contributed by atoms with van der Waals surface area (Å²) < 4.78 is 27.8. The number of nitrogens with zero attached hydrogens (tertiary/aromatic N) is 2. The van der Waals surface area contributed by atoms with Crippen molar-refractivity contribution in [2.45, 2.75) is 10.6 Å². The molecule has 0 aliphatic rings. The monoisotopic (exact) mass is 416 g/mol. The van der Waals surface area contributed by atoms with Gasteiger partial charge in [0.2, 0.25) is 0 Å². The van der Waals surface area contributed by atoms with Crippen LogP contribution < -0.4 is 0 Å². The second-order valence-corrected chi connectivity index (χ2v) is 9.17. The van der Waals surface area contributed by atoms with Gasteiger partial charge in [0.15, 0.2) is 21.1 Å². The third kappa shape index (κ3) is 3.29. The normalized spacial score (nSPS) is 11.7. The van der Waals surface area contributed by atoms with E-state index in [-0.39, 0.29) is 10.6 Å². The third-order valence-electron chi connectivity index (χ3n) is 4.14. The molecule has 0 unspecified atom stereocenters. The molecule has 0 N–H and O–H groups in total. The topological polar surface area (TPSA) is 68.5 Å². The number of carbonyl (C=O) groups is 1. The first-order chi connectivity index (χ1) is 13.0. The summed E-state index contributed by atoms with van der Waals surface area (Å²) in [6.45, 7) is 0. The van der Waals surface area contributed by atoms with Crippen molar-refractivity contribution in [2.75, 3.05) is 0 Å². The summed E-state index contributed by atoms with van der Waals surface area (Å²) in [6.07, 6.45) is 2.40. The average molecular weight is 417 g/mol. The number of fused-ring (bicyclic) bond motifs is 1. The number of imidazole rings is 1. The molecule has 0 amide bonds. The molecule has 0 atom stereocenters. The number of benzene rings is 2. The van der Waals surface area contributed by atoms with Crippen LogP contribution in [0.25, 0.3) is 16.2 Å². The number of sulfone groups is 1. The second-order valence-electron chi connectivity index (χ2n) is 5.90. The smallest absolute Gasteiger partial charge is 0.194 e. The molecule has 2 aromatic heterocycles. The number of thiazole rings is 1. The SMILES string of the molecule is O=Cc1c(-c2cc(Cl)ccc2S(=O)(=O)Cc2ccccc2)nc2sccn12. The van der Waals surface area contributed by atoms with Crippen molar-refractivity contribution in [1.29, 1.82) is 0 Å². The van der Waals surface area contributed by atoms with E-state index in [9.17, 15) is 13.2 Å². The lowest BCUT2D eigenvalue weighted by Crippen LogP contribution is -2.07. The molecule has 0 saturated heterocycles. The van der Waals surface area contributed by atoms with Gasteiger partial charge in [-0.3, -0.25) is 9.20 Å². The van der Waals surface area contributed by atoms with Gasteiger partial charge in [-0.1, -0.05) is 41.9 Å². The Kier molecular flexibility index (Phi) is 4.59. The van der Waals surface area contributed by atoms with Gasteiger partial charge in [0.05, 0.1) is 10.6 Å². The molecule has 0 saturated carbocycles. The van der Waals surface area contributed by atoms with Gasteiger partial charge in [-0.25, -0.2) is 13.4 Å². The van der Waals surface area contributed by atoms with Gasteiger partial charge in [-0.05, 0) is 23.8 Å². The number of aromatic nitrogens is 2. The zero-order valence-corrected chi connectivity index (χ0v) is 16.3. The molecule has 0 aliphatic heterocycles.